The van der Waals surface area contributed by atoms with Crippen molar-refractivity contribution in [1.29, 1.82) is 0 Å². The van der Waals surface area contributed by atoms with Gasteiger partial charge in [-0.15, -0.1) is 0 Å². The Hall–Kier alpha value is -1.31. The van der Waals surface area contributed by atoms with Gasteiger partial charge in [0.1, 0.15) is 0 Å². The van der Waals surface area contributed by atoms with E-state index in [-0.39, 0.29) is 12.1 Å². The number of rotatable bonds is 4. The monoisotopic (exact) mass is 336 g/mol. The van der Waals surface area contributed by atoms with E-state index >= 15 is 0 Å². The number of morpholine rings is 1. The summed E-state index contributed by atoms with van der Waals surface area (Å²) >= 11 is 1.91. The van der Waals surface area contributed by atoms with Crippen molar-refractivity contribution in [3.05, 3.63) is 30.1 Å². The van der Waals surface area contributed by atoms with Gasteiger partial charge in [-0.2, -0.15) is 11.8 Å². The molecule has 2 aliphatic heterocycles. The van der Waals surface area contributed by atoms with Gasteiger partial charge in [-0.25, -0.2) is 4.79 Å². The van der Waals surface area contributed by atoms with E-state index in [2.05, 4.69) is 15.2 Å². The smallest absolute Gasteiger partial charge is 0.317 e. The fourth-order valence-corrected chi connectivity index (χ4v) is 3.85. The average Bonchev–Trinajstić information content (AvgIpc) is 2.64. The number of hydrogen-bond acceptors (Lipinski definition) is 5. The van der Waals surface area contributed by atoms with E-state index in [9.17, 15) is 4.79 Å². The number of amides is 2. The lowest BCUT2D eigenvalue weighted by Crippen LogP contribution is -2.48. The molecule has 1 N–H and O–H groups in total. The van der Waals surface area contributed by atoms with E-state index in [1.807, 2.05) is 41.1 Å². The summed E-state index contributed by atoms with van der Waals surface area (Å²) in [5.74, 6) is 2.06. The second-order valence-electron chi connectivity index (χ2n) is 5.70. The number of hydrogen-bond donors (Lipinski definition) is 1. The van der Waals surface area contributed by atoms with E-state index < -0.39 is 0 Å². The topological polar surface area (TPSA) is 57.7 Å². The molecule has 6 nitrogen and oxygen atoms in total. The molecule has 0 radical (unpaired) electrons. The second kappa shape index (κ2) is 8.52. The molecule has 2 saturated heterocycles. The summed E-state index contributed by atoms with van der Waals surface area (Å²) in [5.41, 5.74) is 1.00. The summed E-state index contributed by atoms with van der Waals surface area (Å²) in [6.07, 6.45) is 1.81. The van der Waals surface area contributed by atoms with Gasteiger partial charge in [-0.3, -0.25) is 9.88 Å². The highest BCUT2D eigenvalue weighted by Crippen LogP contribution is 2.19. The molecule has 2 aliphatic rings. The van der Waals surface area contributed by atoms with Gasteiger partial charge in [0.2, 0.25) is 0 Å². The molecule has 0 bridgehead atoms. The van der Waals surface area contributed by atoms with Crippen LogP contribution in [0.5, 0.6) is 0 Å². The molecule has 23 heavy (non-hydrogen) atoms. The maximum absolute atomic E-state index is 12.4. The van der Waals surface area contributed by atoms with E-state index in [0.717, 1.165) is 56.6 Å². The minimum Gasteiger partial charge on any atom is -0.379 e. The van der Waals surface area contributed by atoms with Gasteiger partial charge in [-0.1, -0.05) is 6.07 Å². The van der Waals surface area contributed by atoms with Crippen LogP contribution in [0.2, 0.25) is 0 Å². The van der Waals surface area contributed by atoms with Crippen molar-refractivity contribution in [2.45, 2.75) is 6.04 Å². The van der Waals surface area contributed by atoms with Crippen molar-refractivity contribution in [2.24, 2.45) is 0 Å². The Morgan fingerprint density at radius 1 is 1.26 bits per heavy atom. The maximum atomic E-state index is 12.4. The summed E-state index contributed by atoms with van der Waals surface area (Å²) in [6, 6.07) is 6.09. The number of nitrogens with zero attached hydrogens (tertiary/aromatic N) is 3. The highest BCUT2D eigenvalue weighted by molar-refractivity contribution is 7.99. The van der Waals surface area contributed by atoms with Crippen LogP contribution in [-0.2, 0) is 4.74 Å². The van der Waals surface area contributed by atoms with Gasteiger partial charge >= 0.3 is 6.03 Å². The Balaban J connectivity index is 1.62. The number of urea groups is 1. The first-order valence-electron chi connectivity index (χ1n) is 8.18. The Bertz CT molecular complexity index is 490. The van der Waals surface area contributed by atoms with Gasteiger partial charge in [-0.05, 0) is 12.1 Å². The molecule has 2 amide bonds. The van der Waals surface area contributed by atoms with Crippen molar-refractivity contribution in [3.63, 3.8) is 0 Å². The number of thioether (sulfide) groups is 1. The number of carbonyl (C=O) groups excluding carboxylic acids is 1. The molecule has 0 saturated carbocycles. The quantitative estimate of drug-likeness (QED) is 0.896. The van der Waals surface area contributed by atoms with Crippen LogP contribution in [0, 0.1) is 0 Å². The summed E-state index contributed by atoms with van der Waals surface area (Å²) in [7, 11) is 0. The van der Waals surface area contributed by atoms with Crippen molar-refractivity contribution >= 4 is 17.8 Å². The number of ether oxygens (including phenoxy) is 1. The molecule has 1 aromatic rings. The lowest BCUT2D eigenvalue weighted by Gasteiger charge is -2.35. The van der Waals surface area contributed by atoms with E-state index in [1.165, 1.54) is 0 Å². The van der Waals surface area contributed by atoms with E-state index in [4.69, 9.17) is 4.74 Å². The molecular weight excluding hydrogens is 312 g/mol. The van der Waals surface area contributed by atoms with Gasteiger partial charge < -0.3 is 15.0 Å². The zero-order valence-corrected chi connectivity index (χ0v) is 14.1. The Morgan fingerprint density at radius 2 is 2.04 bits per heavy atom. The van der Waals surface area contributed by atoms with Crippen molar-refractivity contribution < 1.29 is 9.53 Å². The van der Waals surface area contributed by atoms with Crippen molar-refractivity contribution in [2.75, 3.05) is 57.4 Å². The van der Waals surface area contributed by atoms with Crippen LogP contribution in [0.3, 0.4) is 0 Å². The Labute approximate surface area is 141 Å². The van der Waals surface area contributed by atoms with Crippen LogP contribution in [0.15, 0.2) is 24.4 Å². The van der Waals surface area contributed by atoms with Crippen LogP contribution in [0.25, 0.3) is 0 Å². The molecule has 0 unspecified atom stereocenters. The minimum atomic E-state index is 0.0412. The largest absolute Gasteiger partial charge is 0.379 e. The number of nitrogens with one attached hydrogen (secondary N) is 1. The molecule has 1 aromatic heterocycles. The molecule has 0 aromatic carbocycles. The molecule has 0 aliphatic carbocycles. The van der Waals surface area contributed by atoms with Gasteiger partial charge in [0.05, 0.1) is 24.9 Å². The van der Waals surface area contributed by atoms with Crippen LogP contribution in [0.4, 0.5) is 4.79 Å². The number of pyridine rings is 1. The zero-order valence-electron chi connectivity index (χ0n) is 13.3. The lowest BCUT2D eigenvalue weighted by molar-refractivity contribution is 0.0156. The van der Waals surface area contributed by atoms with Gasteiger partial charge in [0, 0.05) is 50.4 Å². The Morgan fingerprint density at radius 3 is 2.74 bits per heavy atom. The summed E-state index contributed by atoms with van der Waals surface area (Å²) in [6.45, 7) is 5.47. The summed E-state index contributed by atoms with van der Waals surface area (Å²) < 4.78 is 5.45. The molecule has 0 spiro atoms. The third kappa shape index (κ3) is 4.59. The molecule has 126 valence electrons. The first kappa shape index (κ1) is 16.5. The van der Waals surface area contributed by atoms with E-state index in [0.29, 0.717) is 6.54 Å². The van der Waals surface area contributed by atoms with Crippen LogP contribution in [0.1, 0.15) is 11.7 Å². The highest BCUT2D eigenvalue weighted by Gasteiger charge is 2.25. The SMILES string of the molecule is O=C(NC[C@H](c1ccccn1)N1CCOCC1)N1CCSCC1. The standard InChI is InChI=1S/C16H24N4O2S/c21-16(20-7-11-23-12-8-20)18-13-15(14-3-1-2-4-17-14)19-5-9-22-10-6-19/h1-4,15H,5-13H2,(H,18,21)/t15-/m1/s1. The molecule has 2 fully saturated rings. The predicted octanol–water partition coefficient (Wildman–Crippen LogP) is 1.21. The molecule has 7 heteroatoms. The minimum absolute atomic E-state index is 0.0412. The first-order chi connectivity index (χ1) is 11.3. The third-order valence-electron chi connectivity index (χ3n) is 4.26. The molecule has 1 atom stereocenters. The normalized spacial score (nSPS) is 21.0. The van der Waals surface area contributed by atoms with Crippen LogP contribution < -0.4 is 5.32 Å². The Kier molecular flexibility index (Phi) is 6.13. The molecule has 3 heterocycles. The molecule has 3 rings (SSSR count). The number of carbonyl (C=O) groups is 1. The lowest BCUT2D eigenvalue weighted by atomic mass is 10.1. The first-order valence-corrected chi connectivity index (χ1v) is 9.33. The summed E-state index contributed by atoms with van der Waals surface area (Å²) in [4.78, 5) is 21.1. The number of aromatic nitrogens is 1. The fraction of sp³-hybridized carbons (Fsp3) is 0.625. The van der Waals surface area contributed by atoms with Crippen LogP contribution >= 0.6 is 11.8 Å². The van der Waals surface area contributed by atoms with Crippen LogP contribution in [-0.4, -0.2) is 78.3 Å². The zero-order chi connectivity index (χ0) is 15.9. The van der Waals surface area contributed by atoms with Gasteiger partial charge in [0.25, 0.3) is 0 Å². The maximum Gasteiger partial charge on any atom is 0.317 e. The predicted molar refractivity (Wildman–Crippen MR) is 91.7 cm³/mol. The third-order valence-corrected chi connectivity index (χ3v) is 5.20. The summed E-state index contributed by atoms with van der Waals surface area (Å²) in [5, 5.41) is 3.10. The second-order valence-corrected chi connectivity index (χ2v) is 6.93. The van der Waals surface area contributed by atoms with Gasteiger partial charge in [0.15, 0.2) is 0 Å². The van der Waals surface area contributed by atoms with Crippen molar-refractivity contribution in [1.82, 2.24) is 20.1 Å². The average molecular weight is 336 g/mol. The fourth-order valence-electron chi connectivity index (χ4n) is 2.95. The highest BCUT2D eigenvalue weighted by atomic mass is 32.2. The van der Waals surface area contributed by atoms with Crippen molar-refractivity contribution in [3.8, 4) is 0 Å². The van der Waals surface area contributed by atoms with E-state index in [1.54, 1.807) is 0 Å². The molecular formula is C16H24N4O2S.